The molecular formula is C26H26N2O. The molecule has 2 aliphatic rings. The third-order valence-electron chi connectivity index (χ3n) is 6.11. The van der Waals surface area contributed by atoms with E-state index in [1.807, 2.05) is 12.1 Å². The lowest BCUT2D eigenvalue weighted by Crippen LogP contribution is -2.08. The van der Waals surface area contributed by atoms with Gasteiger partial charge in [0.1, 0.15) is 5.75 Å². The molecule has 0 bridgehead atoms. The van der Waals surface area contributed by atoms with Crippen LogP contribution in [-0.4, -0.2) is 16.9 Å². The molecule has 0 N–H and O–H groups in total. The lowest BCUT2D eigenvalue weighted by atomic mass is 9.84. The zero-order chi connectivity index (χ0) is 20.0. The number of benzene rings is 2. The molecule has 0 atom stereocenters. The smallest absolute Gasteiger partial charge is 0.118 e. The lowest BCUT2D eigenvalue weighted by Gasteiger charge is -2.19. The highest BCUT2D eigenvalue weighted by molar-refractivity contribution is 5.80. The van der Waals surface area contributed by atoms with E-state index >= 15 is 0 Å². The molecule has 0 saturated carbocycles. The topological polar surface area (TPSA) is 27.1 Å². The zero-order valence-corrected chi connectivity index (χ0v) is 17.3. The van der Waals surface area contributed by atoms with Gasteiger partial charge < -0.3 is 4.74 Å². The number of fused-ring (bicyclic) bond motifs is 3. The summed E-state index contributed by atoms with van der Waals surface area (Å²) < 4.78 is 7.53. The van der Waals surface area contributed by atoms with Gasteiger partial charge in [-0.25, -0.2) is 0 Å². The van der Waals surface area contributed by atoms with E-state index in [2.05, 4.69) is 61.0 Å². The third kappa shape index (κ3) is 3.11. The van der Waals surface area contributed by atoms with E-state index in [0.29, 0.717) is 0 Å². The van der Waals surface area contributed by atoms with E-state index in [-0.39, 0.29) is 0 Å². The van der Waals surface area contributed by atoms with E-state index in [1.54, 1.807) is 7.11 Å². The number of ether oxygens (including phenoxy) is 1. The van der Waals surface area contributed by atoms with Gasteiger partial charge in [-0.3, -0.25) is 4.68 Å². The number of allylic oxidation sites excluding steroid dienone is 4. The van der Waals surface area contributed by atoms with Crippen molar-refractivity contribution in [2.75, 3.05) is 7.11 Å². The fourth-order valence-corrected chi connectivity index (χ4v) is 4.74. The van der Waals surface area contributed by atoms with Crippen LogP contribution >= 0.6 is 0 Å². The Hall–Kier alpha value is -3.07. The van der Waals surface area contributed by atoms with Crippen LogP contribution in [0.5, 0.6) is 5.75 Å². The van der Waals surface area contributed by atoms with Crippen LogP contribution in [0.4, 0.5) is 0 Å². The summed E-state index contributed by atoms with van der Waals surface area (Å²) in [6.45, 7) is 5.18. The first-order chi connectivity index (χ1) is 14.1. The van der Waals surface area contributed by atoms with Gasteiger partial charge in [0.25, 0.3) is 0 Å². The fourth-order valence-electron chi connectivity index (χ4n) is 4.74. The van der Waals surface area contributed by atoms with Crippen LogP contribution in [0.3, 0.4) is 0 Å². The van der Waals surface area contributed by atoms with Crippen molar-refractivity contribution >= 4 is 5.57 Å². The van der Waals surface area contributed by atoms with E-state index < -0.39 is 0 Å². The minimum absolute atomic E-state index is 0.768. The van der Waals surface area contributed by atoms with Gasteiger partial charge in [-0.15, -0.1) is 0 Å². The predicted molar refractivity (Wildman–Crippen MR) is 118 cm³/mol. The molecule has 1 aromatic heterocycles. The maximum Gasteiger partial charge on any atom is 0.118 e. The van der Waals surface area contributed by atoms with Crippen LogP contribution in [0.1, 0.15) is 39.9 Å². The molecule has 0 saturated heterocycles. The van der Waals surface area contributed by atoms with Crippen molar-refractivity contribution in [3.8, 4) is 17.0 Å². The van der Waals surface area contributed by atoms with Crippen molar-refractivity contribution < 1.29 is 4.74 Å². The molecule has 0 spiro atoms. The van der Waals surface area contributed by atoms with Gasteiger partial charge in [-0.2, -0.15) is 5.10 Å². The first kappa shape index (κ1) is 18.0. The summed E-state index contributed by atoms with van der Waals surface area (Å²) >= 11 is 0. The molecule has 29 heavy (non-hydrogen) atoms. The molecule has 146 valence electrons. The van der Waals surface area contributed by atoms with Crippen LogP contribution in [0, 0.1) is 13.8 Å². The van der Waals surface area contributed by atoms with Crippen LogP contribution in [0.25, 0.3) is 16.8 Å². The molecule has 2 aromatic carbocycles. The van der Waals surface area contributed by atoms with Crippen LogP contribution in [0.2, 0.25) is 0 Å². The van der Waals surface area contributed by atoms with Crippen molar-refractivity contribution in [1.82, 2.24) is 9.78 Å². The quantitative estimate of drug-likeness (QED) is 0.582. The number of rotatable bonds is 4. The normalized spacial score (nSPS) is 14.5. The van der Waals surface area contributed by atoms with Crippen molar-refractivity contribution in [2.24, 2.45) is 0 Å². The fraction of sp³-hybridized carbons (Fsp3) is 0.269. The van der Waals surface area contributed by atoms with Gasteiger partial charge in [0.05, 0.1) is 25.0 Å². The number of nitrogens with zero attached hydrogens (tertiary/aromatic N) is 2. The third-order valence-corrected chi connectivity index (χ3v) is 6.11. The number of hydrogen-bond acceptors (Lipinski definition) is 2. The molecule has 0 aliphatic heterocycles. The van der Waals surface area contributed by atoms with Crippen molar-refractivity contribution in [3.05, 3.63) is 88.1 Å². The van der Waals surface area contributed by atoms with Gasteiger partial charge in [0.2, 0.25) is 0 Å². The second-order valence-electron chi connectivity index (χ2n) is 8.11. The summed E-state index contributed by atoms with van der Waals surface area (Å²) in [5, 5.41) is 5.17. The molecule has 0 unspecified atom stereocenters. The van der Waals surface area contributed by atoms with Crippen LogP contribution < -0.4 is 4.74 Å². The summed E-state index contributed by atoms with van der Waals surface area (Å²) in [6.07, 6.45) is 9.78. The van der Waals surface area contributed by atoms with Crippen LogP contribution in [0.15, 0.2) is 54.6 Å². The molecule has 3 nitrogen and oxygen atoms in total. The van der Waals surface area contributed by atoms with E-state index in [0.717, 1.165) is 31.6 Å². The Morgan fingerprint density at radius 3 is 2.55 bits per heavy atom. The Labute approximate surface area is 172 Å². The Kier molecular flexibility index (Phi) is 4.39. The molecule has 0 amide bonds. The average molecular weight is 383 g/mol. The summed E-state index contributed by atoms with van der Waals surface area (Å²) in [5.74, 6) is 0.885. The minimum Gasteiger partial charge on any atom is -0.497 e. The molecule has 1 heterocycles. The molecular weight excluding hydrogens is 356 g/mol. The molecule has 0 fully saturated rings. The molecule has 5 rings (SSSR count). The van der Waals surface area contributed by atoms with E-state index in [4.69, 9.17) is 9.84 Å². The number of aromatic nitrogens is 2. The van der Waals surface area contributed by atoms with Crippen molar-refractivity contribution in [3.63, 3.8) is 0 Å². The molecule has 0 radical (unpaired) electrons. The summed E-state index contributed by atoms with van der Waals surface area (Å²) in [6, 6.07) is 12.9. The van der Waals surface area contributed by atoms with Crippen molar-refractivity contribution in [2.45, 2.75) is 39.7 Å². The van der Waals surface area contributed by atoms with Gasteiger partial charge >= 0.3 is 0 Å². The monoisotopic (exact) mass is 382 g/mol. The van der Waals surface area contributed by atoms with Gasteiger partial charge in [-0.1, -0.05) is 42.0 Å². The minimum atomic E-state index is 0.768. The Morgan fingerprint density at radius 2 is 1.83 bits per heavy atom. The van der Waals surface area contributed by atoms with E-state index in [1.165, 1.54) is 50.3 Å². The second kappa shape index (κ2) is 7.07. The SMILES string of the molecule is COc1ccc(Cn2nc3c(c2C2=CC=CC2)CCc2c(C)cc(C)cc2-3)cc1. The highest BCUT2D eigenvalue weighted by Crippen LogP contribution is 2.40. The second-order valence-corrected chi connectivity index (χ2v) is 8.11. The Bertz CT molecular complexity index is 1150. The van der Waals surface area contributed by atoms with Gasteiger partial charge in [0.15, 0.2) is 0 Å². The van der Waals surface area contributed by atoms with Crippen molar-refractivity contribution in [1.29, 1.82) is 0 Å². The highest BCUT2D eigenvalue weighted by Gasteiger charge is 2.27. The standard InChI is InChI=1S/C26H26N2O/c1-17-14-18(2)22-12-13-23-25(24(22)15-17)27-28(26(23)20-6-4-5-7-20)16-19-8-10-21(29-3)11-9-19/h4-6,8-11,14-15H,7,12-13,16H2,1-3H3. The maximum atomic E-state index is 5.31. The summed E-state index contributed by atoms with van der Waals surface area (Å²) in [7, 11) is 1.70. The molecule has 3 heteroatoms. The number of aryl methyl sites for hydroxylation is 2. The highest BCUT2D eigenvalue weighted by atomic mass is 16.5. The number of hydrogen-bond donors (Lipinski definition) is 0. The first-order valence-corrected chi connectivity index (χ1v) is 10.3. The van der Waals surface area contributed by atoms with Gasteiger partial charge in [-0.05, 0) is 73.6 Å². The Morgan fingerprint density at radius 1 is 1.03 bits per heavy atom. The molecule has 3 aromatic rings. The van der Waals surface area contributed by atoms with Crippen LogP contribution in [-0.2, 0) is 19.4 Å². The maximum absolute atomic E-state index is 5.31. The lowest BCUT2D eigenvalue weighted by molar-refractivity contribution is 0.414. The zero-order valence-electron chi connectivity index (χ0n) is 17.3. The first-order valence-electron chi connectivity index (χ1n) is 10.3. The predicted octanol–water partition coefficient (Wildman–Crippen LogP) is 5.67. The largest absolute Gasteiger partial charge is 0.497 e. The Balaban J connectivity index is 1.64. The molecule has 2 aliphatic carbocycles. The number of methoxy groups -OCH3 is 1. The summed E-state index contributed by atoms with van der Waals surface area (Å²) in [4.78, 5) is 0. The average Bonchev–Trinajstić information content (AvgIpc) is 3.35. The summed E-state index contributed by atoms with van der Waals surface area (Å²) in [5.41, 5.74) is 12.0. The van der Waals surface area contributed by atoms with E-state index in [9.17, 15) is 0 Å². The van der Waals surface area contributed by atoms with Gasteiger partial charge in [0, 0.05) is 11.1 Å².